The van der Waals surface area contributed by atoms with Crippen LogP contribution < -0.4 is 5.32 Å². The second-order valence-corrected chi connectivity index (χ2v) is 8.24. The molecule has 3 aliphatic rings. The highest BCUT2D eigenvalue weighted by Gasteiger charge is 2.48. The molecule has 1 aromatic heterocycles. The van der Waals surface area contributed by atoms with E-state index < -0.39 is 0 Å². The number of aromatic nitrogens is 2. The van der Waals surface area contributed by atoms with Crippen LogP contribution in [0.25, 0.3) is 0 Å². The van der Waals surface area contributed by atoms with Gasteiger partial charge in [-0.3, -0.25) is 9.97 Å². The fourth-order valence-electron chi connectivity index (χ4n) is 5.19. The highest BCUT2D eigenvalue weighted by atomic mass is 16.5. The first kappa shape index (κ1) is 17.7. The SMILES string of the molecule is C1=CCNC([C@]2(CCCCc3cnccn3)CCOC3(CCCC3)C2)=C1. The summed E-state index contributed by atoms with van der Waals surface area (Å²) in [6.07, 6.45) is 24.4. The maximum atomic E-state index is 6.36. The molecular weight excluding hydrogens is 322 g/mol. The standard InChI is InChI=1S/C22H31N3O/c1(7-19-17-23-14-15-24-19)3-9-21(20-8-2-6-13-25-20)12-16-26-22(18-21)10-4-5-11-22/h2,6,8,14-15,17,25H,1,3-5,7,9-13,16,18H2/t21-/m1/s1. The molecule has 1 spiro atoms. The monoisotopic (exact) mass is 353 g/mol. The minimum Gasteiger partial charge on any atom is -0.384 e. The molecule has 1 N–H and O–H groups in total. The lowest BCUT2D eigenvalue weighted by Crippen LogP contribution is -2.47. The first-order valence-electron chi connectivity index (χ1n) is 10.3. The van der Waals surface area contributed by atoms with Gasteiger partial charge in [-0.25, -0.2) is 0 Å². The molecule has 1 aromatic rings. The van der Waals surface area contributed by atoms with Gasteiger partial charge in [-0.1, -0.05) is 31.4 Å². The van der Waals surface area contributed by atoms with Crippen molar-refractivity contribution in [3.05, 3.63) is 48.2 Å². The van der Waals surface area contributed by atoms with Crippen LogP contribution in [0.1, 0.15) is 63.5 Å². The van der Waals surface area contributed by atoms with Gasteiger partial charge in [0.05, 0.1) is 11.3 Å². The molecule has 2 aliphatic heterocycles. The number of nitrogens with zero attached hydrogens (tertiary/aromatic N) is 2. The van der Waals surface area contributed by atoms with Gasteiger partial charge in [-0.2, -0.15) is 0 Å². The number of unbranched alkanes of at least 4 members (excludes halogenated alkanes) is 1. The van der Waals surface area contributed by atoms with Crippen LogP contribution in [0.5, 0.6) is 0 Å². The molecule has 0 unspecified atom stereocenters. The average Bonchev–Trinajstić information content (AvgIpc) is 3.14. The van der Waals surface area contributed by atoms with Gasteiger partial charge in [0.25, 0.3) is 0 Å². The molecule has 0 radical (unpaired) electrons. The van der Waals surface area contributed by atoms with Crippen molar-refractivity contribution >= 4 is 0 Å². The summed E-state index contributed by atoms with van der Waals surface area (Å²) in [5.41, 5.74) is 2.97. The number of hydrogen-bond acceptors (Lipinski definition) is 4. The van der Waals surface area contributed by atoms with E-state index in [1.807, 2.05) is 6.20 Å². The Hall–Kier alpha value is -1.68. The van der Waals surface area contributed by atoms with Crippen molar-refractivity contribution in [1.29, 1.82) is 0 Å². The quantitative estimate of drug-likeness (QED) is 0.773. The van der Waals surface area contributed by atoms with Gasteiger partial charge in [0.15, 0.2) is 0 Å². The van der Waals surface area contributed by atoms with E-state index in [1.165, 1.54) is 57.1 Å². The summed E-state index contributed by atoms with van der Waals surface area (Å²) in [6, 6.07) is 0. The van der Waals surface area contributed by atoms with Crippen molar-refractivity contribution in [3.8, 4) is 0 Å². The zero-order valence-electron chi connectivity index (χ0n) is 15.8. The number of allylic oxidation sites excluding steroid dienone is 3. The van der Waals surface area contributed by atoms with Gasteiger partial charge >= 0.3 is 0 Å². The molecule has 3 heterocycles. The molecular formula is C22H31N3O. The predicted octanol–water partition coefficient (Wildman–Crippen LogP) is 4.34. The van der Waals surface area contributed by atoms with Crippen LogP contribution in [0.3, 0.4) is 0 Å². The fourth-order valence-corrected chi connectivity index (χ4v) is 5.19. The van der Waals surface area contributed by atoms with Gasteiger partial charge in [0, 0.05) is 42.9 Å². The van der Waals surface area contributed by atoms with E-state index in [-0.39, 0.29) is 11.0 Å². The summed E-state index contributed by atoms with van der Waals surface area (Å²) in [4.78, 5) is 8.60. The second-order valence-electron chi connectivity index (χ2n) is 8.24. The van der Waals surface area contributed by atoms with Crippen molar-refractivity contribution in [2.24, 2.45) is 5.41 Å². The molecule has 2 fully saturated rings. The lowest BCUT2D eigenvalue weighted by atomic mass is 9.67. The maximum Gasteiger partial charge on any atom is 0.0691 e. The summed E-state index contributed by atoms with van der Waals surface area (Å²) in [5.74, 6) is 0. The number of hydrogen-bond donors (Lipinski definition) is 1. The molecule has 0 bridgehead atoms. The third-order valence-corrected chi connectivity index (χ3v) is 6.50. The predicted molar refractivity (Wildman–Crippen MR) is 104 cm³/mol. The molecule has 1 saturated heterocycles. The molecule has 4 heteroatoms. The van der Waals surface area contributed by atoms with Crippen LogP contribution in [-0.4, -0.2) is 28.7 Å². The van der Waals surface area contributed by atoms with E-state index in [2.05, 4.69) is 33.5 Å². The molecule has 4 rings (SSSR count). The van der Waals surface area contributed by atoms with Crippen LogP contribution in [0, 0.1) is 5.41 Å². The minimum atomic E-state index is 0.146. The Bertz CT molecular complexity index is 649. The van der Waals surface area contributed by atoms with E-state index >= 15 is 0 Å². The highest BCUT2D eigenvalue weighted by molar-refractivity contribution is 5.25. The van der Waals surface area contributed by atoms with Gasteiger partial charge in [0.1, 0.15) is 0 Å². The smallest absolute Gasteiger partial charge is 0.0691 e. The minimum absolute atomic E-state index is 0.146. The summed E-state index contributed by atoms with van der Waals surface area (Å²) in [6.45, 7) is 1.87. The summed E-state index contributed by atoms with van der Waals surface area (Å²) in [7, 11) is 0. The molecule has 0 amide bonds. The van der Waals surface area contributed by atoms with Crippen molar-refractivity contribution in [2.75, 3.05) is 13.2 Å². The van der Waals surface area contributed by atoms with Gasteiger partial charge < -0.3 is 10.1 Å². The lowest BCUT2D eigenvalue weighted by molar-refractivity contribution is -0.116. The van der Waals surface area contributed by atoms with Crippen molar-refractivity contribution in [1.82, 2.24) is 15.3 Å². The van der Waals surface area contributed by atoms with Crippen LogP contribution >= 0.6 is 0 Å². The van der Waals surface area contributed by atoms with Crippen molar-refractivity contribution < 1.29 is 4.74 Å². The Balaban J connectivity index is 1.44. The number of aryl methyl sites for hydroxylation is 1. The first-order valence-corrected chi connectivity index (χ1v) is 10.3. The van der Waals surface area contributed by atoms with Gasteiger partial charge in [0.2, 0.25) is 0 Å². The highest BCUT2D eigenvalue weighted by Crippen LogP contribution is 2.52. The van der Waals surface area contributed by atoms with Crippen LogP contribution in [0.15, 0.2) is 42.5 Å². The Kier molecular flexibility index (Phi) is 5.39. The molecule has 26 heavy (non-hydrogen) atoms. The Morgan fingerprint density at radius 2 is 2.04 bits per heavy atom. The molecule has 4 nitrogen and oxygen atoms in total. The number of rotatable bonds is 6. The lowest BCUT2D eigenvalue weighted by Gasteiger charge is -2.48. The van der Waals surface area contributed by atoms with E-state index in [4.69, 9.17) is 4.74 Å². The van der Waals surface area contributed by atoms with Gasteiger partial charge in [-0.15, -0.1) is 0 Å². The normalized spacial score (nSPS) is 27.3. The number of dihydropyridines is 1. The number of nitrogens with one attached hydrogen (secondary N) is 1. The van der Waals surface area contributed by atoms with Crippen LogP contribution in [0.4, 0.5) is 0 Å². The molecule has 1 aliphatic carbocycles. The van der Waals surface area contributed by atoms with E-state index in [1.54, 1.807) is 12.4 Å². The molecule has 1 atom stereocenters. The van der Waals surface area contributed by atoms with E-state index in [0.717, 1.165) is 31.7 Å². The fraction of sp³-hybridized carbons (Fsp3) is 0.636. The Morgan fingerprint density at radius 1 is 1.12 bits per heavy atom. The Morgan fingerprint density at radius 3 is 2.81 bits per heavy atom. The summed E-state index contributed by atoms with van der Waals surface area (Å²) >= 11 is 0. The topological polar surface area (TPSA) is 47.0 Å². The summed E-state index contributed by atoms with van der Waals surface area (Å²) in [5, 5.41) is 3.69. The largest absolute Gasteiger partial charge is 0.384 e. The first-order chi connectivity index (χ1) is 12.8. The summed E-state index contributed by atoms with van der Waals surface area (Å²) < 4.78 is 6.36. The zero-order chi connectivity index (χ0) is 17.7. The van der Waals surface area contributed by atoms with Crippen LogP contribution in [-0.2, 0) is 11.2 Å². The van der Waals surface area contributed by atoms with Crippen molar-refractivity contribution in [2.45, 2.75) is 69.8 Å². The molecule has 1 saturated carbocycles. The second kappa shape index (κ2) is 7.91. The maximum absolute atomic E-state index is 6.36. The van der Waals surface area contributed by atoms with Gasteiger partial charge in [-0.05, 0) is 51.0 Å². The average molecular weight is 354 g/mol. The molecule has 140 valence electrons. The third kappa shape index (κ3) is 3.85. The third-order valence-electron chi connectivity index (χ3n) is 6.50. The van der Waals surface area contributed by atoms with Crippen LogP contribution in [0.2, 0.25) is 0 Å². The van der Waals surface area contributed by atoms with E-state index in [9.17, 15) is 0 Å². The molecule has 0 aromatic carbocycles. The van der Waals surface area contributed by atoms with Crippen molar-refractivity contribution in [3.63, 3.8) is 0 Å². The zero-order valence-corrected chi connectivity index (χ0v) is 15.8. The number of ether oxygens (including phenoxy) is 1. The Labute approximate surface area is 157 Å². The van der Waals surface area contributed by atoms with E-state index in [0.29, 0.717) is 0 Å².